The van der Waals surface area contributed by atoms with E-state index in [9.17, 15) is 9.90 Å². The monoisotopic (exact) mass is 354 g/mol. The maximum absolute atomic E-state index is 11.4. The van der Waals surface area contributed by atoms with Gasteiger partial charge in [-0.15, -0.1) is 0 Å². The second-order valence-corrected chi connectivity index (χ2v) is 6.51. The van der Waals surface area contributed by atoms with Gasteiger partial charge in [-0.25, -0.2) is 0 Å². The highest BCUT2D eigenvalue weighted by Gasteiger charge is 2.18. The van der Waals surface area contributed by atoms with Crippen molar-refractivity contribution in [1.29, 1.82) is 0 Å². The predicted octanol–water partition coefficient (Wildman–Crippen LogP) is 2.12. The number of phenolic OH excluding ortho intramolecular Hbond substituents is 1. The molecule has 0 saturated carbocycles. The minimum atomic E-state index is -0.409. The number of benzene rings is 2. The smallest absolute Gasteiger partial charge is 0.250 e. The highest BCUT2D eigenvalue weighted by molar-refractivity contribution is 5.98. The van der Waals surface area contributed by atoms with E-state index in [2.05, 4.69) is 15.1 Å². The lowest BCUT2D eigenvalue weighted by Crippen LogP contribution is -2.46. The molecule has 138 valence electrons. The number of phenols is 1. The molecular weight excluding hydrogens is 328 g/mol. The summed E-state index contributed by atoms with van der Waals surface area (Å²) < 4.78 is 0. The molecule has 0 atom stereocenters. The van der Waals surface area contributed by atoms with Crippen LogP contribution in [0, 0.1) is 0 Å². The van der Waals surface area contributed by atoms with Crippen LogP contribution in [0.2, 0.25) is 0 Å². The van der Waals surface area contributed by atoms with Crippen molar-refractivity contribution in [2.75, 3.05) is 49.5 Å². The van der Waals surface area contributed by atoms with Crippen molar-refractivity contribution in [3.63, 3.8) is 0 Å². The molecule has 1 saturated heterocycles. The van der Waals surface area contributed by atoms with Crippen LogP contribution in [0.4, 0.5) is 11.4 Å². The normalized spacial score (nSPS) is 15.0. The third-order valence-electron chi connectivity index (χ3n) is 4.75. The molecule has 0 bridgehead atoms. The molecule has 2 aromatic rings. The Morgan fingerprint density at radius 1 is 1.04 bits per heavy atom. The maximum atomic E-state index is 11.4. The van der Waals surface area contributed by atoms with Crippen molar-refractivity contribution in [1.82, 2.24) is 4.90 Å². The zero-order valence-corrected chi connectivity index (χ0v) is 14.9. The highest BCUT2D eigenvalue weighted by Crippen LogP contribution is 2.27. The van der Waals surface area contributed by atoms with Gasteiger partial charge in [-0.3, -0.25) is 9.69 Å². The van der Waals surface area contributed by atoms with E-state index in [0.29, 0.717) is 11.3 Å². The van der Waals surface area contributed by atoms with Crippen LogP contribution in [0.1, 0.15) is 16.8 Å². The fourth-order valence-corrected chi connectivity index (χ4v) is 3.32. The number of hydrogen-bond acceptors (Lipinski definition) is 5. The zero-order valence-electron chi connectivity index (χ0n) is 14.9. The first kappa shape index (κ1) is 18.1. The van der Waals surface area contributed by atoms with E-state index in [-0.39, 0.29) is 0 Å². The Kier molecular flexibility index (Phi) is 5.96. The van der Waals surface area contributed by atoms with Crippen LogP contribution in [0.15, 0.2) is 48.5 Å². The number of hydrogen-bond donors (Lipinski definition) is 3. The van der Waals surface area contributed by atoms with E-state index in [1.54, 1.807) is 12.1 Å². The molecule has 4 N–H and O–H groups in total. The summed E-state index contributed by atoms with van der Waals surface area (Å²) in [5, 5.41) is 13.3. The van der Waals surface area contributed by atoms with Crippen LogP contribution in [0.5, 0.6) is 5.75 Å². The number of anilines is 2. The topological polar surface area (TPSA) is 81.8 Å². The molecular formula is C20H26N4O2. The van der Waals surface area contributed by atoms with Crippen molar-refractivity contribution in [3.05, 3.63) is 54.1 Å². The SMILES string of the molecule is NC(=O)c1ccccc1NCCCN1CCN(c2ccccc2O)CC1. The Morgan fingerprint density at radius 2 is 1.73 bits per heavy atom. The van der Waals surface area contributed by atoms with E-state index in [1.165, 1.54) is 0 Å². The van der Waals surface area contributed by atoms with E-state index < -0.39 is 5.91 Å². The fraction of sp³-hybridized carbons (Fsp3) is 0.350. The molecule has 6 nitrogen and oxygen atoms in total. The van der Waals surface area contributed by atoms with Crippen molar-refractivity contribution in [3.8, 4) is 5.75 Å². The standard InChI is InChI=1S/C20H26N4O2/c21-20(26)16-6-1-2-7-17(16)22-10-5-11-23-12-14-24(15-13-23)18-8-3-4-9-19(18)25/h1-4,6-9,22,25H,5,10-15H2,(H2,21,26). The lowest BCUT2D eigenvalue weighted by Gasteiger charge is -2.36. The lowest BCUT2D eigenvalue weighted by molar-refractivity contribution is 0.100. The number of aromatic hydroxyl groups is 1. The van der Waals surface area contributed by atoms with Crippen molar-refractivity contribution < 1.29 is 9.90 Å². The molecule has 6 heteroatoms. The molecule has 3 rings (SSSR count). The number of nitrogens with one attached hydrogen (secondary N) is 1. The second-order valence-electron chi connectivity index (χ2n) is 6.51. The van der Waals surface area contributed by atoms with E-state index in [1.807, 2.05) is 36.4 Å². The van der Waals surface area contributed by atoms with E-state index >= 15 is 0 Å². The third-order valence-corrected chi connectivity index (χ3v) is 4.75. The number of para-hydroxylation sites is 3. The summed E-state index contributed by atoms with van der Waals surface area (Å²) in [6.45, 7) is 5.58. The Balaban J connectivity index is 1.41. The van der Waals surface area contributed by atoms with Crippen molar-refractivity contribution >= 4 is 17.3 Å². The van der Waals surface area contributed by atoms with Gasteiger partial charge in [0, 0.05) is 38.4 Å². The minimum Gasteiger partial charge on any atom is -0.506 e. The van der Waals surface area contributed by atoms with Crippen LogP contribution >= 0.6 is 0 Å². The summed E-state index contributed by atoms with van der Waals surface area (Å²) in [6, 6.07) is 14.8. The van der Waals surface area contributed by atoms with E-state index in [4.69, 9.17) is 5.73 Å². The van der Waals surface area contributed by atoms with Gasteiger partial charge < -0.3 is 21.1 Å². The summed E-state index contributed by atoms with van der Waals surface area (Å²) in [6.07, 6.45) is 0.990. The molecule has 1 amide bonds. The number of primary amides is 1. The number of nitrogens with two attached hydrogens (primary N) is 1. The summed E-state index contributed by atoms with van der Waals surface area (Å²) >= 11 is 0. The van der Waals surface area contributed by atoms with Gasteiger partial charge in [-0.2, -0.15) is 0 Å². The molecule has 2 aromatic carbocycles. The Hall–Kier alpha value is -2.73. The number of amides is 1. The summed E-state index contributed by atoms with van der Waals surface area (Å²) in [5.41, 5.74) is 7.64. The minimum absolute atomic E-state index is 0.346. The van der Waals surface area contributed by atoms with Gasteiger partial charge in [0.25, 0.3) is 5.91 Å². The first-order valence-corrected chi connectivity index (χ1v) is 9.03. The highest BCUT2D eigenvalue weighted by atomic mass is 16.3. The van der Waals surface area contributed by atoms with Gasteiger partial charge in [0.2, 0.25) is 0 Å². The maximum Gasteiger partial charge on any atom is 0.250 e. The number of carbonyl (C=O) groups is 1. The van der Waals surface area contributed by atoms with Crippen LogP contribution in [0.25, 0.3) is 0 Å². The first-order valence-electron chi connectivity index (χ1n) is 9.03. The Morgan fingerprint density at radius 3 is 2.46 bits per heavy atom. The quantitative estimate of drug-likeness (QED) is 0.664. The molecule has 0 unspecified atom stereocenters. The Bertz CT molecular complexity index is 742. The molecule has 0 spiro atoms. The number of rotatable bonds is 7. The summed E-state index contributed by atoms with van der Waals surface area (Å²) in [7, 11) is 0. The summed E-state index contributed by atoms with van der Waals surface area (Å²) in [5.74, 6) is -0.0633. The molecule has 1 fully saturated rings. The number of piperazine rings is 1. The third kappa shape index (κ3) is 4.46. The van der Waals surface area contributed by atoms with Crippen molar-refractivity contribution in [2.24, 2.45) is 5.73 Å². The number of carbonyl (C=O) groups excluding carboxylic acids is 1. The lowest BCUT2D eigenvalue weighted by atomic mass is 10.1. The van der Waals surface area contributed by atoms with Gasteiger partial charge in [-0.05, 0) is 37.2 Å². The molecule has 1 aliphatic heterocycles. The molecule has 1 aliphatic rings. The molecule has 0 radical (unpaired) electrons. The van der Waals surface area contributed by atoms with Crippen LogP contribution in [-0.2, 0) is 0 Å². The molecule has 0 aliphatic carbocycles. The fourth-order valence-electron chi connectivity index (χ4n) is 3.32. The van der Waals surface area contributed by atoms with Gasteiger partial charge >= 0.3 is 0 Å². The van der Waals surface area contributed by atoms with E-state index in [0.717, 1.165) is 57.1 Å². The molecule has 0 aromatic heterocycles. The van der Waals surface area contributed by atoms with Gasteiger partial charge in [0.15, 0.2) is 0 Å². The van der Waals surface area contributed by atoms with Crippen LogP contribution < -0.4 is 16.0 Å². The average Bonchev–Trinajstić information content (AvgIpc) is 2.66. The first-order chi connectivity index (χ1) is 12.6. The molecule has 1 heterocycles. The molecule has 26 heavy (non-hydrogen) atoms. The van der Waals surface area contributed by atoms with Gasteiger partial charge in [0.05, 0.1) is 11.3 Å². The average molecular weight is 354 g/mol. The van der Waals surface area contributed by atoms with Gasteiger partial charge in [-0.1, -0.05) is 24.3 Å². The number of nitrogens with zero attached hydrogens (tertiary/aromatic N) is 2. The van der Waals surface area contributed by atoms with Crippen LogP contribution in [-0.4, -0.2) is 55.2 Å². The largest absolute Gasteiger partial charge is 0.506 e. The zero-order chi connectivity index (χ0) is 18.4. The van der Waals surface area contributed by atoms with Crippen molar-refractivity contribution in [2.45, 2.75) is 6.42 Å². The van der Waals surface area contributed by atoms with Gasteiger partial charge in [0.1, 0.15) is 5.75 Å². The van der Waals surface area contributed by atoms with Crippen LogP contribution in [0.3, 0.4) is 0 Å². The predicted molar refractivity (Wildman–Crippen MR) is 105 cm³/mol. The summed E-state index contributed by atoms with van der Waals surface area (Å²) in [4.78, 5) is 16.1. The second kappa shape index (κ2) is 8.58. The Labute approximate surface area is 154 Å².